The third kappa shape index (κ3) is 5.36. The highest BCUT2D eigenvalue weighted by Gasteiger charge is 2.12. The van der Waals surface area contributed by atoms with Crippen molar-refractivity contribution in [2.45, 2.75) is 42.7 Å². The molecule has 1 N–H and O–H groups in total. The van der Waals surface area contributed by atoms with Crippen LogP contribution >= 0.6 is 23.3 Å². The minimum Gasteiger partial charge on any atom is -0.339 e. The van der Waals surface area contributed by atoms with E-state index in [1.807, 2.05) is 30.3 Å². The van der Waals surface area contributed by atoms with Crippen LogP contribution in [-0.2, 0) is 17.6 Å². The summed E-state index contributed by atoms with van der Waals surface area (Å²) in [6.45, 7) is 2.05. The maximum Gasteiger partial charge on any atom is 0.227 e. The fourth-order valence-electron chi connectivity index (χ4n) is 2.02. The van der Waals surface area contributed by atoms with Gasteiger partial charge in [0.05, 0.1) is 0 Å². The second-order valence-corrected chi connectivity index (χ2v) is 6.99. The van der Waals surface area contributed by atoms with Gasteiger partial charge in [0.2, 0.25) is 22.1 Å². The van der Waals surface area contributed by atoms with Crippen molar-refractivity contribution in [3.8, 4) is 0 Å². The summed E-state index contributed by atoms with van der Waals surface area (Å²) in [4.78, 5) is 21.6. The van der Waals surface area contributed by atoms with Gasteiger partial charge >= 0.3 is 0 Å². The van der Waals surface area contributed by atoms with Gasteiger partial charge in [0.1, 0.15) is 0 Å². The highest BCUT2D eigenvalue weighted by molar-refractivity contribution is 7.99. The average molecular weight is 375 g/mol. The smallest absolute Gasteiger partial charge is 0.227 e. The Balaban J connectivity index is 1.47. The molecule has 0 spiro atoms. The van der Waals surface area contributed by atoms with Crippen molar-refractivity contribution in [2.24, 2.45) is 0 Å². The summed E-state index contributed by atoms with van der Waals surface area (Å²) in [6, 6.07) is 9.85. The lowest BCUT2D eigenvalue weighted by atomic mass is 10.3. The summed E-state index contributed by atoms with van der Waals surface area (Å²) in [5, 5.41) is 7.73. The zero-order valence-corrected chi connectivity index (χ0v) is 15.3. The van der Waals surface area contributed by atoms with Crippen LogP contribution in [0.15, 0.2) is 44.9 Å². The molecule has 7 nitrogen and oxygen atoms in total. The molecule has 3 rings (SSSR count). The van der Waals surface area contributed by atoms with Gasteiger partial charge in [-0.05, 0) is 30.3 Å². The first-order valence-electron chi connectivity index (χ1n) is 7.91. The van der Waals surface area contributed by atoms with E-state index in [0.717, 1.165) is 29.3 Å². The zero-order valence-electron chi connectivity index (χ0n) is 13.6. The number of aromatic nitrogens is 4. The highest BCUT2D eigenvalue weighted by Crippen LogP contribution is 2.27. The van der Waals surface area contributed by atoms with E-state index in [4.69, 9.17) is 4.52 Å². The van der Waals surface area contributed by atoms with Crippen molar-refractivity contribution >= 4 is 34.3 Å². The summed E-state index contributed by atoms with van der Waals surface area (Å²) in [6.07, 6.45) is 2.41. The predicted molar refractivity (Wildman–Crippen MR) is 95.7 cm³/mol. The molecule has 2 aromatic heterocycles. The number of benzene rings is 1. The number of aryl methyl sites for hydroxylation is 2. The Labute approximate surface area is 153 Å². The van der Waals surface area contributed by atoms with Crippen LogP contribution in [0.3, 0.4) is 0 Å². The number of carbonyl (C=O) groups excluding carboxylic acids is 1. The molecule has 0 unspecified atom stereocenters. The second kappa shape index (κ2) is 8.72. The third-order valence-corrected chi connectivity index (χ3v) is 4.77. The first-order chi connectivity index (χ1) is 12.2. The molecule has 0 aliphatic rings. The maximum absolute atomic E-state index is 12.0. The number of anilines is 1. The summed E-state index contributed by atoms with van der Waals surface area (Å²) in [5.41, 5.74) is 0. The van der Waals surface area contributed by atoms with E-state index in [1.165, 1.54) is 11.8 Å². The second-order valence-electron chi connectivity index (χ2n) is 5.20. The zero-order chi connectivity index (χ0) is 17.5. The van der Waals surface area contributed by atoms with Gasteiger partial charge in [0.25, 0.3) is 0 Å². The van der Waals surface area contributed by atoms with E-state index in [2.05, 4.69) is 31.7 Å². The molecule has 9 heteroatoms. The highest BCUT2D eigenvalue weighted by atomic mass is 32.2. The lowest BCUT2D eigenvalue weighted by Crippen LogP contribution is -2.12. The van der Waals surface area contributed by atoms with Crippen LogP contribution in [0, 0.1) is 0 Å². The molecule has 1 amide bonds. The summed E-state index contributed by atoms with van der Waals surface area (Å²) in [5.74, 6) is 1.02. The third-order valence-electron chi connectivity index (χ3n) is 3.16. The molecule has 3 aromatic rings. The Bertz CT molecular complexity index is 819. The number of hydrogen-bond donors (Lipinski definition) is 1. The Morgan fingerprint density at radius 1 is 1.24 bits per heavy atom. The van der Waals surface area contributed by atoms with Crippen molar-refractivity contribution in [1.29, 1.82) is 0 Å². The number of amides is 1. The van der Waals surface area contributed by atoms with Crippen LogP contribution < -0.4 is 5.32 Å². The van der Waals surface area contributed by atoms with E-state index >= 15 is 0 Å². The van der Waals surface area contributed by atoms with Crippen molar-refractivity contribution in [3.05, 3.63) is 42.0 Å². The van der Waals surface area contributed by atoms with Gasteiger partial charge in [-0.1, -0.05) is 30.3 Å². The van der Waals surface area contributed by atoms with Gasteiger partial charge in [-0.15, -0.1) is 0 Å². The first kappa shape index (κ1) is 17.6. The normalized spacial score (nSPS) is 10.8. The van der Waals surface area contributed by atoms with E-state index in [-0.39, 0.29) is 12.3 Å². The van der Waals surface area contributed by atoms with Crippen molar-refractivity contribution < 1.29 is 9.32 Å². The van der Waals surface area contributed by atoms with Crippen molar-refractivity contribution in [3.63, 3.8) is 0 Å². The molecule has 0 saturated carbocycles. The summed E-state index contributed by atoms with van der Waals surface area (Å²) >= 11 is 2.62. The Kier molecular flexibility index (Phi) is 6.13. The maximum atomic E-state index is 12.0. The molecule has 25 heavy (non-hydrogen) atoms. The minimum absolute atomic E-state index is 0.150. The number of nitrogens with zero attached hydrogens (tertiary/aromatic N) is 4. The largest absolute Gasteiger partial charge is 0.339 e. The average Bonchev–Trinajstić information content (AvgIpc) is 3.24. The molecule has 0 saturated heterocycles. The van der Waals surface area contributed by atoms with Crippen molar-refractivity contribution in [2.75, 3.05) is 5.32 Å². The number of rotatable bonds is 8. The van der Waals surface area contributed by atoms with Crippen LogP contribution in [0.1, 0.15) is 31.5 Å². The van der Waals surface area contributed by atoms with Gasteiger partial charge in [-0.2, -0.15) is 14.3 Å². The van der Waals surface area contributed by atoms with Crippen LogP contribution in [0.2, 0.25) is 0 Å². The minimum atomic E-state index is -0.150. The van der Waals surface area contributed by atoms with Gasteiger partial charge in [-0.25, -0.2) is 0 Å². The fraction of sp³-hybridized carbons (Fsp3) is 0.312. The van der Waals surface area contributed by atoms with E-state index in [9.17, 15) is 4.79 Å². The predicted octanol–water partition coefficient (Wildman–Crippen LogP) is 3.60. The van der Waals surface area contributed by atoms with Gasteiger partial charge in [0.15, 0.2) is 5.82 Å². The summed E-state index contributed by atoms with van der Waals surface area (Å²) in [7, 11) is 0. The van der Waals surface area contributed by atoms with Crippen molar-refractivity contribution in [1.82, 2.24) is 19.5 Å². The Hall–Kier alpha value is -2.26. The first-order valence-corrected chi connectivity index (χ1v) is 9.50. The Morgan fingerprint density at radius 2 is 2.08 bits per heavy atom. The number of carbonyl (C=O) groups is 1. The molecule has 0 fully saturated rings. The van der Waals surface area contributed by atoms with E-state index in [1.54, 1.807) is 0 Å². The summed E-state index contributed by atoms with van der Waals surface area (Å²) < 4.78 is 9.36. The Morgan fingerprint density at radius 3 is 2.88 bits per heavy atom. The van der Waals surface area contributed by atoms with Crippen LogP contribution in [0.25, 0.3) is 0 Å². The van der Waals surface area contributed by atoms with Gasteiger partial charge < -0.3 is 9.84 Å². The van der Waals surface area contributed by atoms with Crippen LogP contribution in [0.4, 0.5) is 5.13 Å². The molecule has 0 aliphatic heterocycles. The molecule has 0 bridgehead atoms. The molecule has 0 aliphatic carbocycles. The number of hydrogen-bond acceptors (Lipinski definition) is 8. The molecule has 1 aromatic carbocycles. The fourth-order valence-corrected chi connectivity index (χ4v) is 3.47. The molecule has 2 heterocycles. The molecular weight excluding hydrogens is 358 g/mol. The van der Waals surface area contributed by atoms with Gasteiger partial charge in [-0.3, -0.25) is 4.79 Å². The topological polar surface area (TPSA) is 93.8 Å². The van der Waals surface area contributed by atoms with Gasteiger partial charge in [0, 0.05) is 35.7 Å². The monoisotopic (exact) mass is 375 g/mol. The SMILES string of the molecule is CCCc1noc(CCC(=O)Nc2nc(Sc3ccccc3)ns2)n1. The molecular formula is C16H17N5O2S2. The standard InChI is InChI=1S/C16H17N5O2S2/c1-2-6-12-17-14(23-20-12)10-9-13(22)18-15-19-16(21-25-15)24-11-7-4-3-5-8-11/h3-5,7-8H,2,6,9-10H2,1H3,(H,18,19,21,22). The quantitative estimate of drug-likeness (QED) is 0.643. The molecule has 130 valence electrons. The number of nitrogens with one attached hydrogen (secondary N) is 1. The molecule has 0 radical (unpaired) electrons. The van der Waals surface area contributed by atoms with E-state index < -0.39 is 0 Å². The van der Waals surface area contributed by atoms with E-state index in [0.29, 0.717) is 28.4 Å². The lowest BCUT2D eigenvalue weighted by molar-refractivity contribution is -0.116. The van der Waals surface area contributed by atoms with Crippen LogP contribution in [-0.4, -0.2) is 25.4 Å². The van der Waals surface area contributed by atoms with Crippen LogP contribution in [0.5, 0.6) is 0 Å². The molecule has 0 atom stereocenters. The lowest BCUT2D eigenvalue weighted by Gasteiger charge is -1.98.